The molecule has 3 heteroatoms. The zero-order valence-corrected chi connectivity index (χ0v) is 12.7. The van der Waals surface area contributed by atoms with Crippen molar-refractivity contribution in [2.24, 2.45) is 0 Å². The number of hydrogen-bond donors (Lipinski definition) is 1. The predicted octanol–water partition coefficient (Wildman–Crippen LogP) is 1.93. The van der Waals surface area contributed by atoms with Crippen molar-refractivity contribution in [3.05, 3.63) is 0 Å². The molecule has 2 rings (SSSR count). The normalized spacial score (nSPS) is 34.2. The van der Waals surface area contributed by atoms with Gasteiger partial charge in [0.25, 0.3) is 0 Å². The van der Waals surface area contributed by atoms with Gasteiger partial charge in [0.2, 0.25) is 0 Å². The third kappa shape index (κ3) is 3.25. The third-order valence-corrected chi connectivity index (χ3v) is 4.79. The van der Waals surface area contributed by atoms with Crippen LogP contribution in [-0.2, 0) is 0 Å². The Bertz CT molecular complexity index is 240. The van der Waals surface area contributed by atoms with Gasteiger partial charge in [-0.3, -0.25) is 4.90 Å². The fraction of sp³-hybridized carbons (Fsp3) is 1.00. The van der Waals surface area contributed by atoms with Gasteiger partial charge >= 0.3 is 0 Å². The Kier molecular flexibility index (Phi) is 5.05. The quantitative estimate of drug-likeness (QED) is 0.780. The minimum absolute atomic E-state index is 0.757. The van der Waals surface area contributed by atoms with Crippen molar-refractivity contribution in [3.8, 4) is 0 Å². The van der Waals surface area contributed by atoms with E-state index in [1.165, 1.54) is 38.6 Å². The van der Waals surface area contributed by atoms with E-state index in [1.807, 2.05) is 0 Å². The lowest BCUT2D eigenvalue weighted by Crippen LogP contribution is -2.52. The van der Waals surface area contributed by atoms with Crippen LogP contribution in [0, 0.1) is 0 Å². The summed E-state index contributed by atoms with van der Waals surface area (Å²) in [5.41, 5.74) is 0. The van der Waals surface area contributed by atoms with Crippen molar-refractivity contribution < 1.29 is 0 Å². The van der Waals surface area contributed by atoms with Gasteiger partial charge in [0.15, 0.2) is 0 Å². The van der Waals surface area contributed by atoms with Gasteiger partial charge in [-0.2, -0.15) is 0 Å². The summed E-state index contributed by atoms with van der Waals surface area (Å²) in [5.74, 6) is 0. The maximum atomic E-state index is 3.66. The van der Waals surface area contributed by atoms with Gasteiger partial charge in [-0.15, -0.1) is 0 Å². The summed E-state index contributed by atoms with van der Waals surface area (Å²) in [7, 11) is 4.36. The van der Waals surface area contributed by atoms with Crippen LogP contribution in [0.2, 0.25) is 0 Å². The number of fused-ring (bicyclic) bond motifs is 2. The number of nitrogens with zero attached hydrogens (tertiary/aromatic N) is 2. The van der Waals surface area contributed by atoms with Crippen LogP contribution >= 0.6 is 0 Å². The average molecular weight is 253 g/mol. The SMILES string of the molecule is CCNC1CC2CCC(C1)N2C(C)CCN(C)C. The predicted molar refractivity (Wildman–Crippen MR) is 78.0 cm³/mol. The molecule has 2 bridgehead atoms. The van der Waals surface area contributed by atoms with Crippen molar-refractivity contribution in [2.75, 3.05) is 27.2 Å². The molecule has 2 fully saturated rings. The summed E-state index contributed by atoms with van der Waals surface area (Å²) in [4.78, 5) is 5.15. The van der Waals surface area contributed by atoms with Crippen LogP contribution < -0.4 is 5.32 Å². The Balaban J connectivity index is 1.87. The van der Waals surface area contributed by atoms with Gasteiger partial charge in [0.1, 0.15) is 0 Å². The summed E-state index contributed by atoms with van der Waals surface area (Å²) in [6.45, 7) is 7.00. The molecule has 3 atom stereocenters. The Morgan fingerprint density at radius 1 is 1.22 bits per heavy atom. The Morgan fingerprint density at radius 2 is 1.83 bits per heavy atom. The molecule has 0 amide bonds. The molecule has 2 aliphatic heterocycles. The highest BCUT2D eigenvalue weighted by molar-refractivity contribution is 4.99. The largest absolute Gasteiger partial charge is 0.314 e. The van der Waals surface area contributed by atoms with Crippen molar-refractivity contribution in [3.63, 3.8) is 0 Å². The number of rotatable bonds is 6. The van der Waals surface area contributed by atoms with E-state index in [2.05, 4.69) is 43.1 Å². The third-order valence-electron chi connectivity index (χ3n) is 4.79. The molecule has 3 unspecified atom stereocenters. The molecule has 1 N–H and O–H groups in total. The van der Waals surface area contributed by atoms with Gasteiger partial charge in [-0.05, 0) is 66.2 Å². The van der Waals surface area contributed by atoms with Gasteiger partial charge in [0, 0.05) is 24.2 Å². The first-order valence-corrected chi connectivity index (χ1v) is 7.77. The molecule has 3 nitrogen and oxygen atoms in total. The molecule has 0 saturated carbocycles. The minimum atomic E-state index is 0.757. The van der Waals surface area contributed by atoms with Crippen LogP contribution in [0.5, 0.6) is 0 Å². The first kappa shape index (κ1) is 14.3. The zero-order valence-electron chi connectivity index (χ0n) is 12.7. The molecular weight excluding hydrogens is 222 g/mol. The highest BCUT2D eigenvalue weighted by Crippen LogP contribution is 2.37. The van der Waals surface area contributed by atoms with Crippen LogP contribution in [0.15, 0.2) is 0 Å². The van der Waals surface area contributed by atoms with Gasteiger partial charge in [-0.25, -0.2) is 0 Å². The van der Waals surface area contributed by atoms with Crippen molar-refractivity contribution in [1.29, 1.82) is 0 Å². The molecule has 106 valence electrons. The standard InChI is InChI=1S/C15H31N3/c1-5-16-13-10-14-6-7-15(11-13)18(14)12(2)8-9-17(3)4/h12-16H,5-11H2,1-4H3. The van der Waals surface area contributed by atoms with Crippen LogP contribution in [0.1, 0.15) is 46.0 Å². The molecule has 0 radical (unpaired) electrons. The molecular formula is C15H31N3. The number of nitrogens with one attached hydrogen (secondary N) is 1. The Morgan fingerprint density at radius 3 is 2.33 bits per heavy atom. The molecule has 2 heterocycles. The van der Waals surface area contributed by atoms with Crippen LogP contribution in [-0.4, -0.2) is 61.2 Å². The van der Waals surface area contributed by atoms with Gasteiger partial charge in [-0.1, -0.05) is 6.92 Å². The van der Waals surface area contributed by atoms with Crippen LogP contribution in [0.25, 0.3) is 0 Å². The van der Waals surface area contributed by atoms with Crippen molar-refractivity contribution in [1.82, 2.24) is 15.1 Å². The second kappa shape index (κ2) is 6.36. The van der Waals surface area contributed by atoms with Crippen molar-refractivity contribution >= 4 is 0 Å². The maximum absolute atomic E-state index is 3.66. The molecule has 0 aromatic rings. The summed E-state index contributed by atoms with van der Waals surface area (Å²) >= 11 is 0. The summed E-state index contributed by atoms with van der Waals surface area (Å²) in [6.07, 6.45) is 6.91. The van der Waals surface area contributed by atoms with E-state index < -0.39 is 0 Å². The van der Waals surface area contributed by atoms with Crippen LogP contribution in [0.3, 0.4) is 0 Å². The fourth-order valence-corrected chi connectivity index (χ4v) is 3.98. The van der Waals surface area contributed by atoms with E-state index in [1.54, 1.807) is 0 Å². The Hall–Kier alpha value is -0.120. The molecule has 0 aromatic heterocycles. The number of piperidine rings is 1. The fourth-order valence-electron chi connectivity index (χ4n) is 3.98. The summed E-state index contributed by atoms with van der Waals surface area (Å²) < 4.78 is 0. The molecule has 18 heavy (non-hydrogen) atoms. The average Bonchev–Trinajstić information content (AvgIpc) is 2.58. The Labute approximate surface area is 113 Å². The topological polar surface area (TPSA) is 18.5 Å². The lowest BCUT2D eigenvalue weighted by Gasteiger charge is -2.43. The highest BCUT2D eigenvalue weighted by Gasteiger charge is 2.42. The van der Waals surface area contributed by atoms with Gasteiger partial charge < -0.3 is 10.2 Å². The highest BCUT2D eigenvalue weighted by atomic mass is 15.3. The lowest BCUT2D eigenvalue weighted by atomic mass is 9.95. The molecule has 0 spiro atoms. The summed E-state index contributed by atoms with van der Waals surface area (Å²) in [5, 5.41) is 3.66. The molecule has 0 aliphatic carbocycles. The van der Waals surface area contributed by atoms with E-state index in [0.717, 1.165) is 30.7 Å². The minimum Gasteiger partial charge on any atom is -0.314 e. The van der Waals surface area contributed by atoms with E-state index in [0.29, 0.717) is 0 Å². The maximum Gasteiger partial charge on any atom is 0.0116 e. The molecule has 2 aliphatic rings. The van der Waals surface area contributed by atoms with Crippen LogP contribution in [0.4, 0.5) is 0 Å². The zero-order chi connectivity index (χ0) is 13.1. The van der Waals surface area contributed by atoms with Gasteiger partial charge in [0.05, 0.1) is 0 Å². The van der Waals surface area contributed by atoms with E-state index >= 15 is 0 Å². The second-order valence-corrected chi connectivity index (χ2v) is 6.50. The van der Waals surface area contributed by atoms with E-state index in [4.69, 9.17) is 0 Å². The number of hydrogen-bond acceptors (Lipinski definition) is 3. The monoisotopic (exact) mass is 253 g/mol. The first-order valence-electron chi connectivity index (χ1n) is 7.77. The van der Waals surface area contributed by atoms with Crippen molar-refractivity contribution in [2.45, 2.75) is 70.1 Å². The first-order chi connectivity index (χ1) is 8.61. The smallest absolute Gasteiger partial charge is 0.0116 e. The van der Waals surface area contributed by atoms with E-state index in [-0.39, 0.29) is 0 Å². The molecule has 2 saturated heterocycles. The summed E-state index contributed by atoms with van der Waals surface area (Å²) in [6, 6.07) is 3.24. The lowest BCUT2D eigenvalue weighted by molar-refractivity contribution is 0.0705. The molecule has 0 aromatic carbocycles. The van der Waals surface area contributed by atoms with E-state index in [9.17, 15) is 0 Å². The second-order valence-electron chi connectivity index (χ2n) is 6.50.